The molecule has 0 amide bonds. The van der Waals surface area contributed by atoms with E-state index in [0.717, 1.165) is 6.07 Å². The summed E-state index contributed by atoms with van der Waals surface area (Å²) >= 11 is 0. The molecule has 0 fully saturated rings. The Hall–Kier alpha value is -2.15. The first-order chi connectivity index (χ1) is 8.97. The lowest BCUT2D eigenvalue weighted by atomic mass is 10.1. The van der Waals surface area contributed by atoms with E-state index in [0.29, 0.717) is 0 Å². The Labute approximate surface area is 106 Å². The number of aromatic nitrogens is 2. The minimum Gasteiger partial charge on any atom is -0.405 e. The Morgan fingerprint density at radius 3 is 2.32 bits per heavy atom. The van der Waals surface area contributed by atoms with Crippen LogP contribution in [0.25, 0.3) is 0 Å². The molecule has 0 spiro atoms. The summed E-state index contributed by atoms with van der Waals surface area (Å²) in [4.78, 5) is 7.59. The fourth-order valence-corrected chi connectivity index (χ4v) is 1.51. The van der Waals surface area contributed by atoms with Crippen molar-refractivity contribution in [2.75, 3.05) is 0 Å². The summed E-state index contributed by atoms with van der Waals surface area (Å²) in [5.41, 5.74) is -0.0500. The molecule has 0 radical (unpaired) electrons. The van der Waals surface area contributed by atoms with Crippen LogP contribution >= 0.6 is 0 Å². The highest BCUT2D eigenvalue weighted by Gasteiger charge is 2.33. The molecule has 0 aliphatic rings. The lowest BCUT2D eigenvalue weighted by Gasteiger charge is -2.16. The van der Waals surface area contributed by atoms with E-state index < -0.39 is 18.2 Å². The average Bonchev–Trinajstić information content (AvgIpc) is 2.38. The van der Waals surface area contributed by atoms with Crippen LogP contribution < -0.4 is 4.74 Å². The molecule has 2 rings (SSSR count). The summed E-state index contributed by atoms with van der Waals surface area (Å²) in [6.45, 7) is 0. The maximum Gasteiger partial charge on any atom is 0.573 e. The number of para-hydroxylation sites is 1. The monoisotopic (exact) mass is 270 g/mol. The molecular formula is C12H9F3N2O2. The molecule has 0 saturated heterocycles. The first-order valence-electron chi connectivity index (χ1n) is 5.27. The van der Waals surface area contributed by atoms with Gasteiger partial charge in [-0.3, -0.25) is 0 Å². The Morgan fingerprint density at radius 2 is 1.68 bits per heavy atom. The van der Waals surface area contributed by atoms with E-state index in [9.17, 15) is 18.3 Å². The quantitative estimate of drug-likeness (QED) is 0.930. The minimum atomic E-state index is -4.83. The Kier molecular flexibility index (Phi) is 3.66. The van der Waals surface area contributed by atoms with E-state index in [-0.39, 0.29) is 11.4 Å². The highest BCUT2D eigenvalue weighted by Crippen LogP contribution is 2.31. The van der Waals surface area contributed by atoms with Gasteiger partial charge >= 0.3 is 6.36 Å². The summed E-state index contributed by atoms with van der Waals surface area (Å²) in [6, 6.07) is 6.85. The van der Waals surface area contributed by atoms with Crippen molar-refractivity contribution in [2.24, 2.45) is 0 Å². The minimum absolute atomic E-state index is 0.000671. The third-order valence-corrected chi connectivity index (χ3v) is 2.27. The van der Waals surface area contributed by atoms with E-state index in [1.165, 1.54) is 36.7 Å². The summed E-state index contributed by atoms with van der Waals surface area (Å²) in [5.74, 6) is -0.476. The number of aliphatic hydroxyl groups excluding tert-OH is 1. The van der Waals surface area contributed by atoms with Gasteiger partial charge in [-0.1, -0.05) is 18.2 Å². The third kappa shape index (κ3) is 3.41. The van der Waals surface area contributed by atoms with Gasteiger partial charge in [0.15, 0.2) is 5.82 Å². The van der Waals surface area contributed by atoms with Gasteiger partial charge in [-0.2, -0.15) is 0 Å². The van der Waals surface area contributed by atoms with Crippen molar-refractivity contribution in [3.05, 3.63) is 54.1 Å². The van der Waals surface area contributed by atoms with Crippen LogP contribution in [0.5, 0.6) is 5.75 Å². The van der Waals surface area contributed by atoms with Crippen LogP contribution in [0.4, 0.5) is 13.2 Å². The second-order valence-corrected chi connectivity index (χ2v) is 3.60. The zero-order valence-electron chi connectivity index (χ0n) is 9.50. The van der Waals surface area contributed by atoms with Gasteiger partial charge in [0.1, 0.15) is 11.9 Å². The van der Waals surface area contributed by atoms with Gasteiger partial charge in [-0.15, -0.1) is 13.2 Å². The van der Waals surface area contributed by atoms with E-state index in [1.54, 1.807) is 0 Å². The molecule has 1 aromatic carbocycles. The van der Waals surface area contributed by atoms with Crippen molar-refractivity contribution in [3.8, 4) is 5.75 Å². The Bertz CT molecular complexity index is 546. The molecule has 1 N–H and O–H groups in total. The molecule has 19 heavy (non-hydrogen) atoms. The molecule has 2 aromatic rings. The lowest BCUT2D eigenvalue weighted by Crippen LogP contribution is -2.19. The standard InChI is InChI=1S/C12H9F3N2O2/c13-12(14,15)19-9-5-2-1-4-8(9)10(18)11-16-6-3-7-17-11/h1-7,10,18H. The summed E-state index contributed by atoms with van der Waals surface area (Å²) < 4.78 is 40.6. The van der Waals surface area contributed by atoms with Crippen molar-refractivity contribution in [1.82, 2.24) is 9.97 Å². The number of benzene rings is 1. The maximum absolute atomic E-state index is 12.3. The van der Waals surface area contributed by atoms with Gasteiger partial charge in [-0.25, -0.2) is 9.97 Å². The number of hydrogen-bond acceptors (Lipinski definition) is 4. The number of alkyl halides is 3. The maximum atomic E-state index is 12.3. The average molecular weight is 270 g/mol. The van der Waals surface area contributed by atoms with Gasteiger partial charge in [0.05, 0.1) is 0 Å². The van der Waals surface area contributed by atoms with Crippen molar-refractivity contribution >= 4 is 0 Å². The van der Waals surface area contributed by atoms with Gasteiger partial charge < -0.3 is 9.84 Å². The fourth-order valence-electron chi connectivity index (χ4n) is 1.51. The van der Waals surface area contributed by atoms with Crippen LogP contribution in [-0.4, -0.2) is 21.4 Å². The van der Waals surface area contributed by atoms with Crippen molar-refractivity contribution in [3.63, 3.8) is 0 Å². The molecule has 0 aliphatic heterocycles. The number of ether oxygens (including phenoxy) is 1. The Balaban J connectivity index is 2.35. The molecular weight excluding hydrogens is 261 g/mol. The van der Waals surface area contributed by atoms with Gasteiger partial charge in [0.2, 0.25) is 0 Å². The van der Waals surface area contributed by atoms with Crippen molar-refractivity contribution < 1.29 is 23.0 Å². The third-order valence-electron chi connectivity index (χ3n) is 2.27. The highest BCUT2D eigenvalue weighted by atomic mass is 19.4. The van der Waals surface area contributed by atoms with Gasteiger partial charge in [0.25, 0.3) is 0 Å². The molecule has 1 unspecified atom stereocenters. The number of hydrogen-bond donors (Lipinski definition) is 1. The SMILES string of the molecule is OC(c1ncccn1)c1ccccc1OC(F)(F)F. The zero-order valence-corrected chi connectivity index (χ0v) is 9.50. The van der Waals surface area contributed by atoms with Crippen LogP contribution in [0, 0.1) is 0 Å². The number of aliphatic hydroxyl groups is 1. The fraction of sp³-hybridized carbons (Fsp3) is 0.167. The first-order valence-corrected chi connectivity index (χ1v) is 5.27. The molecule has 0 aliphatic carbocycles. The molecule has 1 atom stereocenters. The summed E-state index contributed by atoms with van der Waals surface area (Å²) in [6.07, 6.45) is -3.44. The molecule has 100 valence electrons. The van der Waals surface area contributed by atoms with Gasteiger partial charge in [-0.05, 0) is 12.1 Å². The molecule has 1 heterocycles. The summed E-state index contributed by atoms with van der Waals surface area (Å²) in [7, 11) is 0. The number of rotatable bonds is 3. The normalized spacial score (nSPS) is 13.1. The lowest BCUT2D eigenvalue weighted by molar-refractivity contribution is -0.275. The van der Waals surface area contributed by atoms with Crippen molar-refractivity contribution in [2.45, 2.75) is 12.5 Å². The molecule has 4 nitrogen and oxygen atoms in total. The first kappa shape index (κ1) is 13.3. The Morgan fingerprint density at radius 1 is 1.05 bits per heavy atom. The molecule has 0 bridgehead atoms. The number of nitrogens with zero attached hydrogens (tertiary/aromatic N) is 2. The highest BCUT2D eigenvalue weighted by molar-refractivity contribution is 5.37. The molecule has 1 aromatic heterocycles. The molecule has 0 saturated carbocycles. The second-order valence-electron chi connectivity index (χ2n) is 3.60. The van der Waals surface area contributed by atoms with Crippen LogP contribution in [-0.2, 0) is 0 Å². The topological polar surface area (TPSA) is 55.2 Å². The van der Waals surface area contributed by atoms with Crippen molar-refractivity contribution in [1.29, 1.82) is 0 Å². The van der Waals surface area contributed by atoms with Gasteiger partial charge in [0, 0.05) is 18.0 Å². The summed E-state index contributed by atoms with van der Waals surface area (Å²) in [5, 5.41) is 10.00. The van der Waals surface area contributed by atoms with E-state index >= 15 is 0 Å². The van der Waals surface area contributed by atoms with E-state index in [2.05, 4.69) is 14.7 Å². The van der Waals surface area contributed by atoms with E-state index in [4.69, 9.17) is 0 Å². The van der Waals surface area contributed by atoms with Crippen LogP contribution in [0.3, 0.4) is 0 Å². The van der Waals surface area contributed by atoms with Crippen LogP contribution in [0.2, 0.25) is 0 Å². The van der Waals surface area contributed by atoms with Crippen LogP contribution in [0.15, 0.2) is 42.7 Å². The zero-order chi connectivity index (χ0) is 13.9. The smallest absolute Gasteiger partial charge is 0.405 e. The second kappa shape index (κ2) is 5.23. The predicted molar refractivity (Wildman–Crippen MR) is 59.2 cm³/mol. The molecule has 7 heteroatoms. The number of halogens is 3. The predicted octanol–water partition coefficient (Wildman–Crippen LogP) is 2.46. The van der Waals surface area contributed by atoms with Crippen LogP contribution in [0.1, 0.15) is 17.5 Å². The van der Waals surface area contributed by atoms with E-state index in [1.807, 2.05) is 0 Å². The largest absolute Gasteiger partial charge is 0.573 e.